The van der Waals surface area contributed by atoms with Crippen LogP contribution >= 0.6 is 11.6 Å². The summed E-state index contributed by atoms with van der Waals surface area (Å²) < 4.78 is 27.0. The fraction of sp³-hybridized carbons (Fsp3) is 0.161. The van der Waals surface area contributed by atoms with E-state index in [1.54, 1.807) is 24.4 Å². The molecule has 2 heterocycles. The Hall–Kier alpha value is -4.03. The van der Waals surface area contributed by atoms with E-state index in [4.69, 9.17) is 11.6 Å². The minimum atomic E-state index is -0.663. The molecule has 1 amide bonds. The molecule has 5 aromatic rings. The van der Waals surface area contributed by atoms with Crippen LogP contribution < -0.4 is 5.32 Å². The number of pyridine rings is 1. The maximum atomic E-state index is 13.5. The summed E-state index contributed by atoms with van der Waals surface area (Å²) in [6.07, 6.45) is 5.58. The number of carbonyl (C=O) groups excluding carboxylic acids is 1. The summed E-state index contributed by atoms with van der Waals surface area (Å²) in [5.41, 5.74) is 6.75. The number of carbonyl (C=O) groups is 1. The van der Waals surface area contributed by atoms with Crippen LogP contribution in [0, 0.1) is 18.6 Å². The predicted octanol–water partition coefficient (Wildman–Crippen LogP) is 7.75. The molecule has 4 nitrogen and oxygen atoms in total. The minimum absolute atomic E-state index is 0.199. The summed E-state index contributed by atoms with van der Waals surface area (Å²) in [5, 5.41) is 4.70. The SMILES string of the molecule is CCc1c[nH]c2cccc(C)c12.O=CNC(Cc1cc(F)cc(F)c1)c1ncccc1-c1ccc(Cl)cc1. The van der Waals surface area contributed by atoms with Gasteiger partial charge in [0.05, 0.1) is 11.7 Å². The lowest BCUT2D eigenvalue weighted by Crippen LogP contribution is -2.23. The third kappa shape index (κ3) is 6.45. The minimum Gasteiger partial charge on any atom is -0.361 e. The lowest BCUT2D eigenvalue weighted by Gasteiger charge is -2.19. The highest BCUT2D eigenvalue weighted by Crippen LogP contribution is 2.29. The van der Waals surface area contributed by atoms with Crippen molar-refractivity contribution in [3.05, 3.63) is 124 Å². The van der Waals surface area contributed by atoms with Crippen molar-refractivity contribution in [3.8, 4) is 11.1 Å². The molecule has 0 spiro atoms. The number of rotatable bonds is 7. The van der Waals surface area contributed by atoms with Gasteiger partial charge in [-0.25, -0.2) is 8.78 Å². The highest BCUT2D eigenvalue weighted by Gasteiger charge is 2.18. The van der Waals surface area contributed by atoms with Crippen LogP contribution in [0.4, 0.5) is 8.78 Å². The Bertz CT molecular complexity index is 1510. The number of hydrogen-bond acceptors (Lipinski definition) is 2. The van der Waals surface area contributed by atoms with Crippen molar-refractivity contribution in [2.75, 3.05) is 0 Å². The summed E-state index contributed by atoms with van der Waals surface area (Å²) in [4.78, 5) is 18.8. The number of fused-ring (bicyclic) bond motifs is 1. The van der Waals surface area contributed by atoms with Crippen molar-refractivity contribution >= 4 is 28.9 Å². The number of aromatic nitrogens is 2. The van der Waals surface area contributed by atoms with Crippen LogP contribution in [0.15, 0.2) is 85.2 Å². The van der Waals surface area contributed by atoms with Crippen molar-refractivity contribution < 1.29 is 13.6 Å². The Morgan fingerprint density at radius 3 is 2.45 bits per heavy atom. The maximum absolute atomic E-state index is 13.5. The smallest absolute Gasteiger partial charge is 0.207 e. The van der Waals surface area contributed by atoms with Crippen LogP contribution in [0.1, 0.15) is 35.3 Å². The number of nitrogens with one attached hydrogen (secondary N) is 2. The summed E-state index contributed by atoms with van der Waals surface area (Å²) >= 11 is 5.94. The van der Waals surface area contributed by atoms with Crippen LogP contribution in [0.3, 0.4) is 0 Å². The first-order valence-corrected chi connectivity index (χ1v) is 12.7. The number of hydrogen-bond donors (Lipinski definition) is 2. The number of halogens is 3. The molecule has 5 rings (SSSR count). The van der Waals surface area contributed by atoms with Crippen molar-refractivity contribution in [2.45, 2.75) is 32.7 Å². The molecule has 0 radical (unpaired) electrons. The molecule has 38 heavy (non-hydrogen) atoms. The number of nitrogens with zero attached hydrogens (tertiary/aromatic N) is 1. The highest BCUT2D eigenvalue weighted by molar-refractivity contribution is 6.30. The largest absolute Gasteiger partial charge is 0.361 e. The van der Waals surface area contributed by atoms with E-state index in [0.717, 1.165) is 23.6 Å². The van der Waals surface area contributed by atoms with Crippen molar-refractivity contribution in [3.63, 3.8) is 0 Å². The van der Waals surface area contributed by atoms with Crippen LogP contribution in [0.2, 0.25) is 5.02 Å². The van der Waals surface area contributed by atoms with Crippen molar-refractivity contribution in [1.82, 2.24) is 15.3 Å². The molecule has 2 N–H and O–H groups in total. The van der Waals surface area contributed by atoms with E-state index in [1.165, 1.54) is 34.2 Å². The Balaban J connectivity index is 0.000000232. The lowest BCUT2D eigenvalue weighted by molar-refractivity contribution is -0.110. The monoisotopic (exact) mass is 531 g/mol. The molecule has 2 aromatic heterocycles. The number of benzene rings is 3. The molecule has 0 saturated carbocycles. The third-order valence-corrected chi connectivity index (χ3v) is 6.58. The van der Waals surface area contributed by atoms with E-state index in [2.05, 4.69) is 53.5 Å². The van der Waals surface area contributed by atoms with Gasteiger partial charge in [0.25, 0.3) is 0 Å². The van der Waals surface area contributed by atoms with E-state index < -0.39 is 17.7 Å². The summed E-state index contributed by atoms with van der Waals surface area (Å²) in [7, 11) is 0. The van der Waals surface area contributed by atoms with Crippen molar-refractivity contribution in [1.29, 1.82) is 0 Å². The molecule has 0 aliphatic carbocycles. The van der Waals surface area contributed by atoms with E-state index in [-0.39, 0.29) is 6.42 Å². The Morgan fingerprint density at radius 2 is 1.76 bits per heavy atom. The van der Waals surface area contributed by atoms with Gasteiger partial charge in [0.15, 0.2) is 0 Å². The molecular weight excluding hydrogens is 504 g/mol. The standard InChI is InChI=1S/C20H15ClF2N2O.C11H13N/c21-15-5-3-14(4-6-15)18-2-1-7-24-20(18)19(25-12-26)10-13-8-16(22)11-17(23)9-13;1-3-9-7-12-10-6-4-5-8(2)11(9)10/h1-9,11-12,19H,10H2,(H,25,26);4-7,12H,3H2,1-2H3. The average Bonchev–Trinajstić information content (AvgIpc) is 3.34. The maximum Gasteiger partial charge on any atom is 0.207 e. The molecule has 1 atom stereocenters. The molecule has 1 unspecified atom stereocenters. The fourth-order valence-corrected chi connectivity index (χ4v) is 4.71. The fourth-order valence-electron chi connectivity index (χ4n) is 4.58. The van der Waals surface area contributed by atoms with E-state index >= 15 is 0 Å². The van der Waals surface area contributed by atoms with E-state index in [0.29, 0.717) is 22.7 Å². The topological polar surface area (TPSA) is 57.8 Å². The van der Waals surface area contributed by atoms with Gasteiger partial charge >= 0.3 is 0 Å². The number of H-pyrrole nitrogens is 1. The second-order valence-electron chi connectivity index (χ2n) is 8.93. The van der Waals surface area contributed by atoms with Gasteiger partial charge < -0.3 is 10.3 Å². The number of aryl methyl sites for hydroxylation is 2. The van der Waals surface area contributed by atoms with E-state index in [1.807, 2.05) is 18.2 Å². The summed E-state index contributed by atoms with van der Waals surface area (Å²) in [6, 6.07) is 20.0. The molecule has 0 aliphatic rings. The molecule has 0 bridgehead atoms. The summed E-state index contributed by atoms with van der Waals surface area (Å²) in [6.45, 7) is 4.35. The zero-order valence-electron chi connectivity index (χ0n) is 21.1. The molecule has 7 heteroatoms. The molecule has 0 saturated heterocycles. The number of amides is 1. The zero-order valence-corrected chi connectivity index (χ0v) is 21.9. The van der Waals surface area contributed by atoms with Crippen LogP contribution in [0.5, 0.6) is 0 Å². The Kier molecular flexibility index (Phi) is 8.87. The van der Waals surface area contributed by atoms with Crippen LogP contribution in [-0.4, -0.2) is 16.4 Å². The van der Waals surface area contributed by atoms with Gasteiger partial charge in [-0.1, -0.05) is 48.9 Å². The molecule has 0 fully saturated rings. The lowest BCUT2D eigenvalue weighted by atomic mass is 9.95. The van der Waals surface area contributed by atoms with Gasteiger partial charge in [0, 0.05) is 39.9 Å². The van der Waals surface area contributed by atoms with E-state index in [9.17, 15) is 13.6 Å². The normalized spacial score (nSPS) is 11.5. The van der Waals surface area contributed by atoms with Crippen LogP contribution in [-0.2, 0) is 17.6 Å². The van der Waals surface area contributed by atoms with Crippen LogP contribution in [0.25, 0.3) is 22.0 Å². The van der Waals surface area contributed by atoms with Gasteiger partial charge in [0.2, 0.25) is 6.41 Å². The second-order valence-corrected chi connectivity index (χ2v) is 9.36. The Labute approximate surface area is 225 Å². The zero-order chi connectivity index (χ0) is 27.1. The van der Waals surface area contributed by atoms with Gasteiger partial charge in [-0.3, -0.25) is 9.78 Å². The van der Waals surface area contributed by atoms with Gasteiger partial charge in [-0.15, -0.1) is 0 Å². The third-order valence-electron chi connectivity index (χ3n) is 6.33. The first kappa shape index (κ1) is 27.0. The molecule has 194 valence electrons. The summed E-state index contributed by atoms with van der Waals surface area (Å²) in [5.74, 6) is -1.33. The van der Waals surface area contributed by atoms with Gasteiger partial charge in [0.1, 0.15) is 11.6 Å². The first-order chi connectivity index (χ1) is 18.4. The van der Waals surface area contributed by atoms with Crippen molar-refractivity contribution in [2.24, 2.45) is 0 Å². The highest BCUT2D eigenvalue weighted by atomic mass is 35.5. The molecule has 0 aliphatic heterocycles. The average molecular weight is 532 g/mol. The van der Waals surface area contributed by atoms with Gasteiger partial charge in [-0.05, 0) is 78.4 Å². The number of aromatic amines is 1. The van der Waals surface area contributed by atoms with Gasteiger partial charge in [-0.2, -0.15) is 0 Å². The quantitative estimate of drug-likeness (QED) is 0.211. The predicted molar refractivity (Wildman–Crippen MR) is 149 cm³/mol. The molecule has 3 aromatic carbocycles. The molecular formula is C31H28ClF2N3O. The first-order valence-electron chi connectivity index (χ1n) is 12.3. The Morgan fingerprint density at radius 1 is 1.03 bits per heavy atom. The second kappa shape index (κ2) is 12.5.